The van der Waals surface area contributed by atoms with Crippen LogP contribution in [0.4, 0.5) is 5.69 Å². The molecule has 0 unspecified atom stereocenters. The van der Waals surface area contributed by atoms with Crippen molar-refractivity contribution in [2.24, 2.45) is 0 Å². The average Bonchev–Trinajstić information content (AvgIpc) is 2.47. The second kappa shape index (κ2) is 7.25. The van der Waals surface area contributed by atoms with Gasteiger partial charge in [0.15, 0.2) is 0 Å². The number of rotatable bonds is 7. The van der Waals surface area contributed by atoms with Crippen molar-refractivity contribution in [3.63, 3.8) is 0 Å². The predicted molar refractivity (Wildman–Crippen MR) is 79.1 cm³/mol. The van der Waals surface area contributed by atoms with E-state index in [0.29, 0.717) is 18.8 Å². The lowest BCUT2D eigenvalue weighted by Crippen LogP contribution is -2.35. The molecule has 0 saturated carbocycles. The lowest BCUT2D eigenvalue weighted by atomic mass is 10.3. The number of carbonyl (C=O) groups excluding carboxylic acids is 1. The molecular weight excluding hydrogens is 278 g/mol. The van der Waals surface area contributed by atoms with Crippen LogP contribution >= 0.6 is 0 Å². The van der Waals surface area contributed by atoms with Crippen molar-refractivity contribution in [3.8, 4) is 0 Å². The van der Waals surface area contributed by atoms with Gasteiger partial charge in [0.1, 0.15) is 0 Å². The minimum atomic E-state index is -3.42. The van der Waals surface area contributed by atoms with Crippen molar-refractivity contribution in [1.29, 1.82) is 0 Å². The Morgan fingerprint density at radius 2 is 1.70 bits per heavy atom. The molecule has 1 aromatic rings. The van der Waals surface area contributed by atoms with E-state index in [4.69, 9.17) is 0 Å². The third kappa shape index (κ3) is 4.21. The molecule has 2 N–H and O–H groups in total. The highest BCUT2D eigenvalue weighted by Crippen LogP contribution is 2.13. The van der Waals surface area contributed by atoms with Crippen LogP contribution in [0.25, 0.3) is 0 Å². The third-order valence-electron chi connectivity index (χ3n) is 2.99. The number of likely N-dealkylation sites (N-methyl/N-ethyl adjacent to an activating group) is 1. The molecule has 0 saturated heterocycles. The first-order valence-electron chi connectivity index (χ1n) is 6.49. The zero-order chi connectivity index (χ0) is 15.2. The van der Waals surface area contributed by atoms with Crippen LogP contribution in [0.3, 0.4) is 0 Å². The van der Waals surface area contributed by atoms with Crippen molar-refractivity contribution in [1.82, 2.24) is 9.62 Å². The van der Waals surface area contributed by atoms with E-state index in [9.17, 15) is 13.2 Å². The van der Waals surface area contributed by atoms with E-state index in [1.807, 2.05) is 13.8 Å². The van der Waals surface area contributed by atoms with Gasteiger partial charge in [0, 0.05) is 18.8 Å². The molecule has 0 bridgehead atoms. The maximum Gasteiger partial charge on any atom is 0.241 e. The van der Waals surface area contributed by atoms with Gasteiger partial charge < -0.3 is 10.2 Å². The van der Waals surface area contributed by atoms with Crippen molar-refractivity contribution < 1.29 is 13.2 Å². The molecule has 7 heteroatoms. The van der Waals surface area contributed by atoms with Gasteiger partial charge in [-0.3, -0.25) is 4.79 Å². The molecule has 0 spiro atoms. The summed E-state index contributed by atoms with van der Waals surface area (Å²) < 4.78 is 25.4. The van der Waals surface area contributed by atoms with E-state index in [1.54, 1.807) is 17.0 Å². The molecule has 0 radical (unpaired) electrons. The predicted octanol–water partition coefficient (Wildman–Crippen LogP) is 0.875. The van der Waals surface area contributed by atoms with Gasteiger partial charge in [-0.2, -0.15) is 0 Å². The van der Waals surface area contributed by atoms with Crippen molar-refractivity contribution >= 4 is 21.6 Å². The maximum atomic E-state index is 11.8. The van der Waals surface area contributed by atoms with Gasteiger partial charge in [0.25, 0.3) is 0 Å². The first-order valence-corrected chi connectivity index (χ1v) is 7.98. The number of nitrogens with one attached hydrogen (secondary N) is 2. The number of hydrogen-bond acceptors (Lipinski definition) is 4. The van der Waals surface area contributed by atoms with E-state index in [0.717, 1.165) is 0 Å². The lowest BCUT2D eigenvalue weighted by molar-refractivity contribution is -0.128. The second-order valence-corrected chi connectivity index (χ2v) is 6.04. The molecule has 112 valence electrons. The van der Waals surface area contributed by atoms with E-state index < -0.39 is 10.0 Å². The Kier molecular flexibility index (Phi) is 5.97. The second-order valence-electron chi connectivity index (χ2n) is 4.15. The van der Waals surface area contributed by atoms with E-state index in [-0.39, 0.29) is 17.3 Å². The fraction of sp³-hybridized carbons (Fsp3) is 0.462. The summed E-state index contributed by atoms with van der Waals surface area (Å²) in [7, 11) is -2.06. The average molecular weight is 299 g/mol. The van der Waals surface area contributed by atoms with Crippen LogP contribution in [0.2, 0.25) is 0 Å². The topological polar surface area (TPSA) is 78.5 Å². The van der Waals surface area contributed by atoms with E-state index >= 15 is 0 Å². The molecule has 20 heavy (non-hydrogen) atoms. The number of carbonyl (C=O) groups is 1. The summed E-state index contributed by atoms with van der Waals surface area (Å²) >= 11 is 0. The first kappa shape index (κ1) is 16.5. The summed E-state index contributed by atoms with van der Waals surface area (Å²) in [6.45, 7) is 5.41. The highest BCUT2D eigenvalue weighted by molar-refractivity contribution is 7.89. The summed E-state index contributed by atoms with van der Waals surface area (Å²) in [6, 6.07) is 6.27. The van der Waals surface area contributed by atoms with Gasteiger partial charge in [-0.25, -0.2) is 13.1 Å². The molecule has 0 aromatic heterocycles. The summed E-state index contributed by atoms with van der Waals surface area (Å²) in [5, 5.41) is 2.98. The van der Waals surface area contributed by atoms with E-state index in [1.165, 1.54) is 19.2 Å². The molecular formula is C13H21N3O3S. The number of sulfonamides is 1. The standard InChI is InChI=1S/C13H21N3O3S/c1-4-16(5-2)13(17)10-15-11-6-8-12(9-7-11)20(18,19)14-3/h6-9,14-15H,4-5,10H2,1-3H3. The fourth-order valence-electron chi connectivity index (χ4n) is 1.74. The minimum absolute atomic E-state index is 0.0157. The van der Waals surface area contributed by atoms with Crippen LogP contribution in [0.15, 0.2) is 29.2 Å². The van der Waals surface area contributed by atoms with Crippen LogP contribution < -0.4 is 10.0 Å². The number of nitrogens with zero attached hydrogens (tertiary/aromatic N) is 1. The Morgan fingerprint density at radius 1 is 1.15 bits per heavy atom. The summed E-state index contributed by atoms with van der Waals surface area (Å²) in [5.74, 6) is 0.0157. The zero-order valence-corrected chi connectivity index (χ0v) is 12.8. The van der Waals surface area contributed by atoms with Gasteiger partial charge in [-0.15, -0.1) is 0 Å². The largest absolute Gasteiger partial charge is 0.376 e. The van der Waals surface area contributed by atoms with Gasteiger partial charge in [-0.05, 0) is 45.2 Å². The molecule has 1 aromatic carbocycles. The zero-order valence-electron chi connectivity index (χ0n) is 12.0. The van der Waals surface area contributed by atoms with Gasteiger partial charge in [0.2, 0.25) is 15.9 Å². The van der Waals surface area contributed by atoms with Crippen LogP contribution in [-0.4, -0.2) is 45.9 Å². The van der Waals surface area contributed by atoms with Gasteiger partial charge in [0.05, 0.1) is 11.4 Å². The smallest absolute Gasteiger partial charge is 0.241 e. The number of hydrogen-bond donors (Lipinski definition) is 2. The minimum Gasteiger partial charge on any atom is -0.376 e. The molecule has 0 aliphatic rings. The summed E-state index contributed by atoms with van der Waals surface area (Å²) in [5.41, 5.74) is 0.709. The molecule has 0 aliphatic heterocycles. The van der Waals surface area contributed by atoms with Crippen LogP contribution in [0.1, 0.15) is 13.8 Å². The molecule has 1 rings (SSSR count). The Balaban J connectivity index is 2.65. The number of amides is 1. The molecule has 0 atom stereocenters. The number of anilines is 1. The van der Waals surface area contributed by atoms with Gasteiger partial charge in [-0.1, -0.05) is 0 Å². The van der Waals surface area contributed by atoms with Crippen molar-refractivity contribution in [2.75, 3.05) is 32.0 Å². The Morgan fingerprint density at radius 3 is 2.15 bits per heavy atom. The highest BCUT2D eigenvalue weighted by atomic mass is 32.2. The van der Waals surface area contributed by atoms with Crippen molar-refractivity contribution in [3.05, 3.63) is 24.3 Å². The Labute approximate surface area is 120 Å². The Hall–Kier alpha value is -1.60. The lowest BCUT2D eigenvalue weighted by Gasteiger charge is -2.19. The third-order valence-corrected chi connectivity index (χ3v) is 4.42. The monoisotopic (exact) mass is 299 g/mol. The van der Waals surface area contributed by atoms with Crippen LogP contribution in [0.5, 0.6) is 0 Å². The number of benzene rings is 1. The van der Waals surface area contributed by atoms with E-state index in [2.05, 4.69) is 10.0 Å². The molecule has 1 amide bonds. The SMILES string of the molecule is CCN(CC)C(=O)CNc1ccc(S(=O)(=O)NC)cc1. The van der Waals surface area contributed by atoms with Crippen LogP contribution in [-0.2, 0) is 14.8 Å². The molecule has 0 fully saturated rings. The normalized spacial score (nSPS) is 11.2. The molecule has 6 nitrogen and oxygen atoms in total. The highest BCUT2D eigenvalue weighted by Gasteiger charge is 2.11. The Bertz CT molecular complexity index is 536. The first-order chi connectivity index (χ1) is 9.44. The summed E-state index contributed by atoms with van der Waals surface area (Å²) in [4.78, 5) is 13.7. The van der Waals surface area contributed by atoms with Crippen molar-refractivity contribution in [2.45, 2.75) is 18.7 Å². The molecule has 0 heterocycles. The fourth-order valence-corrected chi connectivity index (χ4v) is 2.47. The maximum absolute atomic E-state index is 11.8. The molecule has 0 aliphatic carbocycles. The van der Waals surface area contributed by atoms with Gasteiger partial charge >= 0.3 is 0 Å². The quantitative estimate of drug-likeness (QED) is 0.783. The van der Waals surface area contributed by atoms with Crippen LogP contribution in [0, 0.1) is 0 Å². The summed E-state index contributed by atoms with van der Waals surface area (Å²) in [6.07, 6.45) is 0.